The fourth-order valence-electron chi connectivity index (χ4n) is 1.85. The summed E-state index contributed by atoms with van der Waals surface area (Å²) in [6.07, 6.45) is 0. The van der Waals surface area contributed by atoms with Crippen LogP contribution in [0.3, 0.4) is 0 Å². The smallest absolute Gasteiger partial charge is 0.240 e. The van der Waals surface area contributed by atoms with Crippen LogP contribution >= 0.6 is 0 Å². The molecule has 2 rings (SSSR count). The standard InChI is InChI=1S/C16H19NO4S/c1-13-5-3-4-6-16(13)21-14-7-9-15(10-8-14)22(18,19)17-11-12-20-2/h3-10,17H,11-12H2,1-2H3. The quantitative estimate of drug-likeness (QED) is 0.796. The van der Waals surface area contributed by atoms with Crippen LogP contribution in [0.15, 0.2) is 53.4 Å². The Morgan fingerprint density at radius 3 is 2.36 bits per heavy atom. The highest BCUT2D eigenvalue weighted by atomic mass is 32.2. The summed E-state index contributed by atoms with van der Waals surface area (Å²) in [5, 5.41) is 0. The van der Waals surface area contributed by atoms with Crippen molar-refractivity contribution in [3.05, 3.63) is 54.1 Å². The molecule has 6 heteroatoms. The highest BCUT2D eigenvalue weighted by Crippen LogP contribution is 2.25. The normalized spacial score (nSPS) is 11.4. The van der Waals surface area contributed by atoms with Crippen molar-refractivity contribution >= 4 is 10.0 Å². The first-order valence-electron chi connectivity index (χ1n) is 6.85. The molecule has 22 heavy (non-hydrogen) atoms. The Bertz CT molecular complexity index is 711. The van der Waals surface area contributed by atoms with E-state index in [1.165, 1.54) is 19.2 Å². The minimum Gasteiger partial charge on any atom is -0.457 e. The fourth-order valence-corrected chi connectivity index (χ4v) is 2.86. The van der Waals surface area contributed by atoms with Crippen LogP contribution in [-0.2, 0) is 14.8 Å². The van der Waals surface area contributed by atoms with E-state index in [1.54, 1.807) is 12.1 Å². The summed E-state index contributed by atoms with van der Waals surface area (Å²) in [5.74, 6) is 1.33. The van der Waals surface area contributed by atoms with E-state index in [0.29, 0.717) is 12.4 Å². The van der Waals surface area contributed by atoms with Gasteiger partial charge in [0.25, 0.3) is 0 Å². The molecule has 0 fully saturated rings. The summed E-state index contributed by atoms with van der Waals surface area (Å²) in [6, 6.07) is 13.9. The van der Waals surface area contributed by atoms with Crippen molar-refractivity contribution in [2.45, 2.75) is 11.8 Å². The Hall–Kier alpha value is -1.89. The first kappa shape index (κ1) is 16.5. The van der Waals surface area contributed by atoms with Crippen molar-refractivity contribution < 1.29 is 17.9 Å². The largest absolute Gasteiger partial charge is 0.457 e. The van der Waals surface area contributed by atoms with Crippen molar-refractivity contribution in [3.63, 3.8) is 0 Å². The maximum absolute atomic E-state index is 12.0. The summed E-state index contributed by atoms with van der Waals surface area (Å²) in [7, 11) is -2.00. The Morgan fingerprint density at radius 2 is 1.73 bits per heavy atom. The third kappa shape index (κ3) is 4.30. The molecule has 1 N–H and O–H groups in total. The predicted octanol–water partition coefficient (Wildman–Crippen LogP) is 2.71. The third-order valence-electron chi connectivity index (χ3n) is 3.05. The number of para-hydroxylation sites is 1. The van der Waals surface area contributed by atoms with Crippen LogP contribution in [0.5, 0.6) is 11.5 Å². The number of rotatable bonds is 7. The summed E-state index contributed by atoms with van der Waals surface area (Å²) >= 11 is 0. The van der Waals surface area contributed by atoms with Gasteiger partial charge in [0.2, 0.25) is 10.0 Å². The molecule has 0 amide bonds. The van der Waals surface area contributed by atoms with E-state index in [2.05, 4.69) is 4.72 Å². The summed E-state index contributed by atoms with van der Waals surface area (Å²) in [5.41, 5.74) is 1.01. The lowest BCUT2D eigenvalue weighted by molar-refractivity contribution is 0.204. The van der Waals surface area contributed by atoms with Gasteiger partial charge in [0.05, 0.1) is 11.5 Å². The number of sulfonamides is 1. The van der Waals surface area contributed by atoms with Gasteiger partial charge >= 0.3 is 0 Å². The Morgan fingerprint density at radius 1 is 1.05 bits per heavy atom. The lowest BCUT2D eigenvalue weighted by Crippen LogP contribution is -2.27. The second-order valence-electron chi connectivity index (χ2n) is 4.73. The highest BCUT2D eigenvalue weighted by molar-refractivity contribution is 7.89. The first-order valence-corrected chi connectivity index (χ1v) is 8.33. The molecule has 0 radical (unpaired) electrons. The number of methoxy groups -OCH3 is 1. The summed E-state index contributed by atoms with van der Waals surface area (Å²) in [4.78, 5) is 0.195. The zero-order valence-electron chi connectivity index (χ0n) is 12.6. The van der Waals surface area contributed by atoms with Gasteiger partial charge in [-0.15, -0.1) is 0 Å². The Balaban J connectivity index is 2.09. The predicted molar refractivity (Wildman–Crippen MR) is 84.8 cm³/mol. The highest BCUT2D eigenvalue weighted by Gasteiger charge is 2.13. The van der Waals surface area contributed by atoms with Crippen molar-refractivity contribution in [1.82, 2.24) is 4.72 Å². The molecule has 5 nitrogen and oxygen atoms in total. The average Bonchev–Trinajstić information content (AvgIpc) is 2.50. The van der Waals surface area contributed by atoms with Gasteiger partial charge in [-0.1, -0.05) is 18.2 Å². The van der Waals surface area contributed by atoms with E-state index < -0.39 is 10.0 Å². The molecule has 118 valence electrons. The van der Waals surface area contributed by atoms with Crippen LogP contribution in [-0.4, -0.2) is 28.7 Å². The molecule has 0 spiro atoms. The number of ether oxygens (including phenoxy) is 2. The van der Waals surface area contributed by atoms with Crippen LogP contribution in [0.1, 0.15) is 5.56 Å². The minimum atomic E-state index is -3.52. The Labute approximate surface area is 130 Å². The van der Waals surface area contributed by atoms with Crippen LogP contribution in [0.25, 0.3) is 0 Å². The van der Waals surface area contributed by atoms with Crippen molar-refractivity contribution in [1.29, 1.82) is 0 Å². The molecule has 0 saturated heterocycles. The zero-order valence-corrected chi connectivity index (χ0v) is 13.4. The molecule has 0 aromatic heterocycles. The molecule has 0 heterocycles. The maximum Gasteiger partial charge on any atom is 0.240 e. The second kappa shape index (κ2) is 7.40. The van der Waals surface area contributed by atoms with Crippen molar-refractivity contribution in [2.75, 3.05) is 20.3 Å². The molecule has 0 aliphatic carbocycles. The van der Waals surface area contributed by atoms with Crippen LogP contribution in [0, 0.1) is 6.92 Å². The Kier molecular flexibility index (Phi) is 5.54. The zero-order chi connectivity index (χ0) is 16.0. The number of nitrogens with one attached hydrogen (secondary N) is 1. The molecule has 2 aromatic carbocycles. The number of hydrogen-bond donors (Lipinski definition) is 1. The molecule has 0 aliphatic heterocycles. The molecule has 0 atom stereocenters. The number of hydrogen-bond acceptors (Lipinski definition) is 4. The lowest BCUT2D eigenvalue weighted by Gasteiger charge is -2.10. The molecule has 0 saturated carbocycles. The average molecular weight is 321 g/mol. The molecule has 0 aliphatic rings. The van der Waals surface area contributed by atoms with Gasteiger partial charge in [-0.3, -0.25) is 0 Å². The topological polar surface area (TPSA) is 64.6 Å². The summed E-state index contributed by atoms with van der Waals surface area (Å²) in [6.45, 7) is 2.52. The molecular formula is C16H19NO4S. The fraction of sp³-hybridized carbons (Fsp3) is 0.250. The molecule has 0 unspecified atom stereocenters. The van der Waals surface area contributed by atoms with Crippen LogP contribution in [0.4, 0.5) is 0 Å². The van der Waals surface area contributed by atoms with Crippen LogP contribution < -0.4 is 9.46 Å². The second-order valence-corrected chi connectivity index (χ2v) is 6.50. The number of aryl methyl sites for hydroxylation is 1. The van der Waals surface area contributed by atoms with Gasteiger partial charge in [0.1, 0.15) is 11.5 Å². The van der Waals surface area contributed by atoms with Gasteiger partial charge in [0, 0.05) is 13.7 Å². The van der Waals surface area contributed by atoms with E-state index >= 15 is 0 Å². The number of benzene rings is 2. The van der Waals surface area contributed by atoms with Crippen molar-refractivity contribution in [2.24, 2.45) is 0 Å². The maximum atomic E-state index is 12.0. The third-order valence-corrected chi connectivity index (χ3v) is 4.53. The lowest BCUT2D eigenvalue weighted by atomic mass is 10.2. The van der Waals surface area contributed by atoms with Gasteiger partial charge in [-0.2, -0.15) is 0 Å². The van der Waals surface area contributed by atoms with Gasteiger partial charge < -0.3 is 9.47 Å². The SMILES string of the molecule is COCCNS(=O)(=O)c1ccc(Oc2ccccc2C)cc1. The minimum absolute atomic E-state index is 0.195. The van der Waals surface area contributed by atoms with E-state index in [9.17, 15) is 8.42 Å². The molecule has 2 aromatic rings. The summed E-state index contributed by atoms with van der Waals surface area (Å²) < 4.78 is 37.1. The van der Waals surface area contributed by atoms with E-state index in [0.717, 1.165) is 11.3 Å². The van der Waals surface area contributed by atoms with E-state index in [4.69, 9.17) is 9.47 Å². The van der Waals surface area contributed by atoms with Gasteiger partial charge in [-0.05, 0) is 42.8 Å². The van der Waals surface area contributed by atoms with Crippen molar-refractivity contribution in [3.8, 4) is 11.5 Å². The monoisotopic (exact) mass is 321 g/mol. The first-order chi connectivity index (χ1) is 10.5. The van der Waals surface area contributed by atoms with Gasteiger partial charge in [0.15, 0.2) is 0 Å². The molecular weight excluding hydrogens is 302 g/mol. The van der Waals surface area contributed by atoms with E-state index in [1.807, 2.05) is 31.2 Å². The van der Waals surface area contributed by atoms with E-state index in [-0.39, 0.29) is 11.4 Å². The van der Waals surface area contributed by atoms with Gasteiger partial charge in [-0.25, -0.2) is 13.1 Å². The molecule has 0 bridgehead atoms. The van der Waals surface area contributed by atoms with Crippen LogP contribution in [0.2, 0.25) is 0 Å².